The molecule has 96 valence electrons. The first-order valence-electron chi connectivity index (χ1n) is 5.46. The number of hydrogen-bond donors (Lipinski definition) is 1. The molecule has 18 heavy (non-hydrogen) atoms. The van der Waals surface area contributed by atoms with Crippen molar-refractivity contribution in [1.82, 2.24) is 15.2 Å². The molecule has 0 saturated heterocycles. The normalized spacial score (nSPS) is 12.4. The Balaban J connectivity index is 2.08. The molecule has 0 aromatic carbocycles. The summed E-state index contributed by atoms with van der Waals surface area (Å²) in [6, 6.07) is 3.96. The van der Waals surface area contributed by atoms with Gasteiger partial charge in [-0.3, -0.25) is 0 Å². The average Bonchev–Trinajstić information content (AvgIpc) is 2.78. The second-order valence-electron chi connectivity index (χ2n) is 4.07. The molecule has 1 atom stereocenters. The van der Waals surface area contributed by atoms with Gasteiger partial charge in [-0.05, 0) is 30.3 Å². The van der Waals surface area contributed by atoms with Crippen molar-refractivity contribution in [1.29, 1.82) is 0 Å². The lowest BCUT2D eigenvalue weighted by Crippen LogP contribution is -2.07. The average molecular weight is 281 g/mol. The van der Waals surface area contributed by atoms with Gasteiger partial charge in [0.15, 0.2) is 4.34 Å². The Bertz CT molecular complexity index is 506. The topological polar surface area (TPSA) is 67.9 Å². The first-order valence-corrected chi connectivity index (χ1v) is 7.10. The number of aromatic nitrogens is 3. The summed E-state index contributed by atoms with van der Waals surface area (Å²) in [6.07, 6.45) is 1.81. The molecule has 5 nitrogen and oxygen atoms in total. The van der Waals surface area contributed by atoms with Crippen LogP contribution in [-0.4, -0.2) is 29.3 Å². The Morgan fingerprint density at radius 3 is 2.61 bits per heavy atom. The molecule has 0 aliphatic heterocycles. The quantitative estimate of drug-likeness (QED) is 0.926. The molecule has 2 heterocycles. The minimum Gasteiger partial charge on any atom is -0.353 e. The zero-order valence-electron chi connectivity index (χ0n) is 10.5. The Morgan fingerprint density at radius 2 is 2.11 bits per heavy atom. The van der Waals surface area contributed by atoms with Crippen LogP contribution in [0.2, 0.25) is 0 Å². The van der Waals surface area contributed by atoms with E-state index >= 15 is 0 Å². The van der Waals surface area contributed by atoms with Gasteiger partial charge in [-0.1, -0.05) is 17.4 Å². The van der Waals surface area contributed by atoms with E-state index in [0.717, 1.165) is 20.1 Å². The summed E-state index contributed by atoms with van der Waals surface area (Å²) in [5.74, 6) is 0. The van der Waals surface area contributed by atoms with Crippen LogP contribution in [-0.2, 0) is 0 Å². The number of pyridine rings is 1. The molecule has 0 aliphatic rings. The van der Waals surface area contributed by atoms with E-state index < -0.39 is 0 Å². The highest BCUT2D eigenvalue weighted by Gasteiger charge is 2.08. The molecule has 7 heteroatoms. The summed E-state index contributed by atoms with van der Waals surface area (Å²) in [7, 11) is 3.90. The van der Waals surface area contributed by atoms with Gasteiger partial charge in [-0.25, -0.2) is 4.98 Å². The molecule has 2 aromatic heterocycles. The predicted octanol–water partition coefficient (Wildman–Crippen LogP) is 2.17. The Hall–Kier alpha value is -1.18. The number of anilines is 1. The van der Waals surface area contributed by atoms with Crippen LogP contribution in [0.5, 0.6) is 0 Å². The molecule has 2 rings (SSSR count). The molecular formula is C11H15N5S2. The van der Waals surface area contributed by atoms with Gasteiger partial charge in [-0.15, -0.1) is 10.2 Å². The van der Waals surface area contributed by atoms with Crippen LogP contribution in [0.15, 0.2) is 27.7 Å². The minimum atomic E-state index is 0.0124. The summed E-state index contributed by atoms with van der Waals surface area (Å²) in [5, 5.41) is 10.00. The highest BCUT2D eigenvalue weighted by molar-refractivity contribution is 8.01. The summed E-state index contributed by atoms with van der Waals surface area (Å²) >= 11 is 3.06. The van der Waals surface area contributed by atoms with E-state index in [4.69, 9.17) is 5.73 Å². The van der Waals surface area contributed by atoms with E-state index in [1.165, 1.54) is 11.8 Å². The van der Waals surface area contributed by atoms with E-state index in [1.807, 2.05) is 38.1 Å². The van der Waals surface area contributed by atoms with Gasteiger partial charge in [0.25, 0.3) is 0 Å². The van der Waals surface area contributed by atoms with Crippen molar-refractivity contribution in [2.24, 2.45) is 5.73 Å². The molecule has 2 N–H and O–H groups in total. The van der Waals surface area contributed by atoms with Gasteiger partial charge in [0, 0.05) is 26.3 Å². The van der Waals surface area contributed by atoms with Crippen molar-refractivity contribution in [3.05, 3.63) is 23.9 Å². The Labute approximate surface area is 114 Å². The maximum Gasteiger partial charge on any atom is 0.208 e. The fourth-order valence-electron chi connectivity index (χ4n) is 1.24. The summed E-state index contributed by atoms with van der Waals surface area (Å²) in [4.78, 5) is 6.30. The largest absolute Gasteiger partial charge is 0.353 e. The first kappa shape index (κ1) is 13.3. The van der Waals surface area contributed by atoms with E-state index in [-0.39, 0.29) is 6.04 Å². The zero-order valence-corrected chi connectivity index (χ0v) is 12.1. The molecule has 0 fully saturated rings. The Morgan fingerprint density at radius 1 is 1.33 bits per heavy atom. The van der Waals surface area contributed by atoms with Crippen LogP contribution >= 0.6 is 23.1 Å². The third-order valence-corrected chi connectivity index (χ3v) is 4.35. The maximum absolute atomic E-state index is 5.78. The number of nitrogens with zero attached hydrogens (tertiary/aromatic N) is 4. The predicted molar refractivity (Wildman–Crippen MR) is 75.2 cm³/mol. The summed E-state index contributed by atoms with van der Waals surface area (Å²) in [6.45, 7) is 1.94. The molecule has 0 spiro atoms. The van der Waals surface area contributed by atoms with Crippen LogP contribution in [0.25, 0.3) is 0 Å². The maximum atomic E-state index is 5.78. The molecule has 0 bridgehead atoms. The van der Waals surface area contributed by atoms with Crippen molar-refractivity contribution < 1.29 is 0 Å². The lowest BCUT2D eigenvalue weighted by molar-refractivity contribution is 0.806. The molecule has 0 radical (unpaired) electrons. The summed E-state index contributed by atoms with van der Waals surface area (Å²) in [5.41, 5.74) is 6.81. The van der Waals surface area contributed by atoms with Crippen molar-refractivity contribution >= 4 is 28.2 Å². The molecular weight excluding hydrogens is 266 g/mol. The van der Waals surface area contributed by atoms with Crippen LogP contribution in [0.3, 0.4) is 0 Å². The smallest absolute Gasteiger partial charge is 0.208 e. The first-order chi connectivity index (χ1) is 8.56. The second-order valence-corrected chi connectivity index (χ2v) is 6.29. The van der Waals surface area contributed by atoms with E-state index in [9.17, 15) is 0 Å². The van der Waals surface area contributed by atoms with Gasteiger partial charge in [0.2, 0.25) is 5.13 Å². The Kier molecular flexibility index (Phi) is 4.15. The second kappa shape index (κ2) is 5.64. The van der Waals surface area contributed by atoms with Gasteiger partial charge in [0.05, 0.1) is 0 Å². The SMILES string of the molecule is C[C@@H](N)c1ccc(Sc2nnc(N(C)C)s2)nc1. The fraction of sp³-hybridized carbons (Fsp3) is 0.364. The van der Waals surface area contributed by atoms with Crippen molar-refractivity contribution in [3.63, 3.8) is 0 Å². The molecule has 0 saturated carbocycles. The molecule has 0 unspecified atom stereocenters. The highest BCUT2D eigenvalue weighted by Crippen LogP contribution is 2.31. The van der Waals surface area contributed by atoms with Crippen molar-refractivity contribution in [2.45, 2.75) is 22.3 Å². The molecule has 0 aliphatic carbocycles. The molecule has 2 aromatic rings. The third kappa shape index (κ3) is 3.18. The number of nitrogens with two attached hydrogens (primary N) is 1. The van der Waals surface area contributed by atoms with Gasteiger partial charge in [0.1, 0.15) is 5.03 Å². The lowest BCUT2D eigenvalue weighted by atomic mass is 10.2. The van der Waals surface area contributed by atoms with E-state index in [0.29, 0.717) is 0 Å². The van der Waals surface area contributed by atoms with Gasteiger partial charge in [-0.2, -0.15) is 0 Å². The van der Waals surface area contributed by atoms with Gasteiger partial charge < -0.3 is 10.6 Å². The zero-order chi connectivity index (χ0) is 13.1. The third-order valence-electron chi connectivity index (χ3n) is 2.26. The van der Waals surface area contributed by atoms with Crippen LogP contribution in [0.4, 0.5) is 5.13 Å². The monoisotopic (exact) mass is 281 g/mol. The molecule has 0 amide bonds. The van der Waals surface area contributed by atoms with Crippen LogP contribution in [0, 0.1) is 0 Å². The van der Waals surface area contributed by atoms with Crippen molar-refractivity contribution in [2.75, 3.05) is 19.0 Å². The fourth-order valence-corrected chi connectivity index (χ4v) is 2.89. The summed E-state index contributed by atoms with van der Waals surface area (Å²) < 4.78 is 0.889. The van der Waals surface area contributed by atoms with Crippen LogP contribution < -0.4 is 10.6 Å². The standard InChI is InChI=1S/C11H15N5S2/c1-7(12)8-4-5-9(13-6-8)17-11-15-14-10(18-11)16(2)3/h4-7H,12H2,1-3H3/t7-/m1/s1. The minimum absolute atomic E-state index is 0.0124. The number of hydrogen-bond acceptors (Lipinski definition) is 7. The van der Waals surface area contributed by atoms with Crippen molar-refractivity contribution in [3.8, 4) is 0 Å². The van der Waals surface area contributed by atoms with Crippen LogP contribution in [0.1, 0.15) is 18.5 Å². The van der Waals surface area contributed by atoms with E-state index in [2.05, 4.69) is 15.2 Å². The lowest BCUT2D eigenvalue weighted by Gasteiger charge is -2.05. The highest BCUT2D eigenvalue weighted by atomic mass is 32.2. The number of rotatable bonds is 4. The van der Waals surface area contributed by atoms with Gasteiger partial charge >= 0.3 is 0 Å². The van der Waals surface area contributed by atoms with E-state index in [1.54, 1.807) is 17.5 Å².